The summed E-state index contributed by atoms with van der Waals surface area (Å²) >= 11 is 7.19. The third kappa shape index (κ3) is 2.24. The Morgan fingerprint density at radius 1 is 1.42 bits per heavy atom. The number of para-hydroxylation sites is 1. The molecule has 1 N–H and O–H groups in total. The van der Waals surface area contributed by atoms with Crippen molar-refractivity contribution in [2.75, 3.05) is 0 Å². The lowest BCUT2D eigenvalue weighted by Crippen LogP contribution is -2.00. The Labute approximate surface area is 120 Å². The molecule has 3 nitrogen and oxygen atoms in total. The number of aromatic nitrogens is 3. The minimum atomic E-state index is 0.744. The fourth-order valence-electron chi connectivity index (χ4n) is 2.27. The van der Waals surface area contributed by atoms with Crippen LogP contribution in [0, 0.1) is 11.7 Å². The van der Waals surface area contributed by atoms with E-state index in [-0.39, 0.29) is 0 Å². The zero-order chi connectivity index (χ0) is 13.4. The highest BCUT2D eigenvalue weighted by atomic mass is 32.1. The van der Waals surface area contributed by atoms with Crippen molar-refractivity contribution in [1.29, 1.82) is 0 Å². The number of aryl methyl sites for hydroxylation is 2. The molecule has 0 amide bonds. The van der Waals surface area contributed by atoms with Gasteiger partial charge in [0.1, 0.15) is 5.01 Å². The summed E-state index contributed by atoms with van der Waals surface area (Å²) in [7, 11) is 0. The maximum Gasteiger partial charge on any atom is 0.178 e. The summed E-state index contributed by atoms with van der Waals surface area (Å²) in [6.45, 7) is 5.01. The van der Waals surface area contributed by atoms with E-state index in [9.17, 15) is 0 Å². The first-order valence-electron chi connectivity index (χ1n) is 6.30. The molecule has 0 saturated heterocycles. The van der Waals surface area contributed by atoms with E-state index in [1.54, 1.807) is 11.3 Å². The maximum absolute atomic E-state index is 5.43. The van der Waals surface area contributed by atoms with Crippen molar-refractivity contribution in [2.45, 2.75) is 26.8 Å². The molecule has 3 aromatic rings. The van der Waals surface area contributed by atoms with Gasteiger partial charge in [-0.05, 0) is 37.2 Å². The van der Waals surface area contributed by atoms with Crippen LogP contribution in [0.4, 0.5) is 0 Å². The molecule has 2 aromatic heterocycles. The maximum atomic E-state index is 5.43. The van der Waals surface area contributed by atoms with E-state index < -0.39 is 0 Å². The van der Waals surface area contributed by atoms with Gasteiger partial charge >= 0.3 is 0 Å². The number of aromatic amines is 1. The first-order valence-corrected chi connectivity index (χ1v) is 7.53. The van der Waals surface area contributed by atoms with Crippen LogP contribution in [-0.2, 0) is 13.0 Å². The quantitative estimate of drug-likeness (QED) is 0.737. The number of hydrogen-bond donors (Lipinski definition) is 1. The Hall–Kier alpha value is -1.46. The van der Waals surface area contributed by atoms with Crippen molar-refractivity contribution in [3.8, 4) is 0 Å². The van der Waals surface area contributed by atoms with Crippen LogP contribution in [0.25, 0.3) is 11.0 Å². The second-order valence-corrected chi connectivity index (χ2v) is 6.15. The van der Waals surface area contributed by atoms with Crippen LogP contribution < -0.4 is 0 Å². The number of hydrogen-bond acceptors (Lipinski definition) is 3. The summed E-state index contributed by atoms with van der Waals surface area (Å²) < 4.78 is 2.90. The predicted octanol–water partition coefficient (Wildman–Crippen LogP) is 4.07. The van der Waals surface area contributed by atoms with Crippen LogP contribution in [0.3, 0.4) is 0 Å². The van der Waals surface area contributed by atoms with E-state index in [0.717, 1.165) is 28.3 Å². The summed E-state index contributed by atoms with van der Waals surface area (Å²) in [6, 6.07) is 6.22. The molecule has 3 rings (SSSR count). The van der Waals surface area contributed by atoms with E-state index in [4.69, 9.17) is 12.2 Å². The van der Waals surface area contributed by atoms with Crippen molar-refractivity contribution in [2.24, 2.45) is 0 Å². The molecule has 19 heavy (non-hydrogen) atoms. The topological polar surface area (TPSA) is 33.6 Å². The van der Waals surface area contributed by atoms with Gasteiger partial charge in [-0.25, -0.2) is 4.98 Å². The third-order valence-corrected chi connectivity index (χ3v) is 4.69. The number of H-pyrrole nitrogens is 1. The van der Waals surface area contributed by atoms with E-state index in [1.165, 1.54) is 16.0 Å². The number of thiazole rings is 1. The van der Waals surface area contributed by atoms with Gasteiger partial charge in [0.25, 0.3) is 0 Å². The summed E-state index contributed by atoms with van der Waals surface area (Å²) in [5, 5.41) is 1.11. The molecular weight excluding hydrogens is 274 g/mol. The SMILES string of the molecule is CCc1cnc(Cn2c(=S)[nH]c3cccc(C)c32)s1. The highest BCUT2D eigenvalue weighted by molar-refractivity contribution is 7.71. The van der Waals surface area contributed by atoms with Crippen molar-refractivity contribution >= 4 is 34.6 Å². The minimum absolute atomic E-state index is 0.744. The normalized spacial score (nSPS) is 11.3. The van der Waals surface area contributed by atoms with Crippen LogP contribution in [0.1, 0.15) is 22.4 Å². The molecule has 0 unspecified atom stereocenters. The minimum Gasteiger partial charge on any atom is -0.331 e. The molecule has 0 aliphatic heterocycles. The first-order chi connectivity index (χ1) is 9.19. The molecule has 0 aliphatic rings. The molecule has 1 aromatic carbocycles. The second kappa shape index (κ2) is 4.90. The number of benzene rings is 1. The Morgan fingerprint density at radius 2 is 2.26 bits per heavy atom. The molecule has 0 saturated carbocycles. The van der Waals surface area contributed by atoms with Gasteiger partial charge in [-0.15, -0.1) is 11.3 Å². The van der Waals surface area contributed by atoms with Gasteiger partial charge < -0.3 is 9.55 Å². The van der Waals surface area contributed by atoms with Crippen molar-refractivity contribution in [3.63, 3.8) is 0 Å². The second-order valence-electron chi connectivity index (χ2n) is 4.56. The summed E-state index contributed by atoms with van der Waals surface area (Å²) in [5.74, 6) is 0. The molecular formula is C14H15N3S2. The smallest absolute Gasteiger partial charge is 0.178 e. The van der Waals surface area contributed by atoms with E-state index in [2.05, 4.69) is 40.5 Å². The Bertz CT molecular complexity index is 779. The standard InChI is InChI=1S/C14H15N3S2/c1-3-10-7-15-12(19-10)8-17-13-9(2)5-4-6-11(13)16-14(17)18/h4-7H,3,8H2,1-2H3,(H,16,18). The van der Waals surface area contributed by atoms with Crippen LogP contribution >= 0.6 is 23.6 Å². The molecule has 2 heterocycles. The molecule has 5 heteroatoms. The predicted molar refractivity (Wildman–Crippen MR) is 82.5 cm³/mol. The average Bonchev–Trinajstić information content (AvgIpc) is 2.96. The van der Waals surface area contributed by atoms with Gasteiger partial charge in [0.05, 0.1) is 17.6 Å². The average molecular weight is 289 g/mol. The molecule has 0 bridgehead atoms. The van der Waals surface area contributed by atoms with Gasteiger partial charge in [-0.1, -0.05) is 19.1 Å². The highest BCUT2D eigenvalue weighted by Gasteiger charge is 2.09. The Morgan fingerprint density at radius 3 is 3.00 bits per heavy atom. The summed E-state index contributed by atoms with van der Waals surface area (Å²) in [6.07, 6.45) is 3.00. The molecule has 0 fully saturated rings. The van der Waals surface area contributed by atoms with E-state index in [0.29, 0.717) is 0 Å². The number of nitrogens with one attached hydrogen (secondary N) is 1. The van der Waals surface area contributed by atoms with Crippen molar-refractivity contribution < 1.29 is 0 Å². The van der Waals surface area contributed by atoms with Crippen LogP contribution in [0.15, 0.2) is 24.4 Å². The van der Waals surface area contributed by atoms with Gasteiger partial charge in [0.2, 0.25) is 0 Å². The van der Waals surface area contributed by atoms with E-state index >= 15 is 0 Å². The Balaban J connectivity index is 2.09. The lowest BCUT2D eigenvalue weighted by atomic mass is 10.2. The molecule has 98 valence electrons. The van der Waals surface area contributed by atoms with E-state index in [1.807, 2.05) is 12.3 Å². The molecule has 0 atom stereocenters. The fourth-order valence-corrected chi connectivity index (χ4v) is 3.39. The molecule has 0 spiro atoms. The lowest BCUT2D eigenvalue weighted by Gasteiger charge is -2.04. The fraction of sp³-hybridized carbons (Fsp3) is 0.286. The van der Waals surface area contributed by atoms with Crippen molar-refractivity contribution in [1.82, 2.24) is 14.5 Å². The van der Waals surface area contributed by atoms with Gasteiger partial charge in [-0.3, -0.25) is 0 Å². The lowest BCUT2D eigenvalue weighted by molar-refractivity contribution is 0.801. The third-order valence-electron chi connectivity index (χ3n) is 3.24. The highest BCUT2D eigenvalue weighted by Crippen LogP contribution is 2.21. The Kier molecular flexibility index (Phi) is 3.24. The van der Waals surface area contributed by atoms with Gasteiger partial charge in [0, 0.05) is 11.1 Å². The van der Waals surface area contributed by atoms with Crippen molar-refractivity contribution in [3.05, 3.63) is 44.6 Å². The van der Waals surface area contributed by atoms with Gasteiger partial charge in [-0.2, -0.15) is 0 Å². The number of fused-ring (bicyclic) bond motifs is 1. The molecule has 0 aliphatic carbocycles. The zero-order valence-electron chi connectivity index (χ0n) is 10.9. The monoisotopic (exact) mass is 289 g/mol. The first kappa shape index (κ1) is 12.6. The number of imidazole rings is 1. The largest absolute Gasteiger partial charge is 0.331 e. The van der Waals surface area contributed by atoms with Crippen LogP contribution in [0.2, 0.25) is 0 Å². The summed E-state index contributed by atoms with van der Waals surface area (Å²) in [4.78, 5) is 9.06. The number of rotatable bonds is 3. The number of nitrogens with zero attached hydrogens (tertiary/aromatic N) is 2. The van der Waals surface area contributed by atoms with Crippen LogP contribution in [0.5, 0.6) is 0 Å². The molecule has 0 radical (unpaired) electrons. The summed E-state index contributed by atoms with van der Waals surface area (Å²) in [5.41, 5.74) is 3.51. The van der Waals surface area contributed by atoms with Gasteiger partial charge in [0.15, 0.2) is 4.77 Å². The van der Waals surface area contributed by atoms with Crippen LogP contribution in [-0.4, -0.2) is 14.5 Å². The zero-order valence-corrected chi connectivity index (χ0v) is 12.6.